The summed E-state index contributed by atoms with van der Waals surface area (Å²) in [7, 11) is 1.61. The van der Waals surface area contributed by atoms with E-state index in [-0.39, 0.29) is 11.8 Å². The number of nitrogens with one attached hydrogen (secondary N) is 2. The first-order chi connectivity index (χ1) is 12.5. The van der Waals surface area contributed by atoms with Crippen molar-refractivity contribution in [1.82, 2.24) is 5.32 Å². The van der Waals surface area contributed by atoms with Crippen LogP contribution in [0.4, 0.5) is 5.69 Å². The summed E-state index contributed by atoms with van der Waals surface area (Å²) in [6.45, 7) is 4.93. The average molecular weight is 354 g/mol. The molecule has 0 aliphatic heterocycles. The number of carbonyl (C=O) groups is 2. The normalized spacial score (nSPS) is 10.5. The molecule has 0 unspecified atom stereocenters. The van der Waals surface area contributed by atoms with E-state index in [0.29, 0.717) is 35.9 Å². The zero-order valence-corrected chi connectivity index (χ0v) is 15.5. The Bertz CT molecular complexity index is 739. The number of hydrogen-bond acceptors (Lipinski definition) is 3. The molecule has 0 spiro atoms. The number of anilines is 1. The van der Waals surface area contributed by atoms with Gasteiger partial charge in [0.25, 0.3) is 5.91 Å². The molecule has 2 amide bonds. The van der Waals surface area contributed by atoms with Crippen LogP contribution in [-0.4, -0.2) is 25.5 Å². The second-order valence-electron chi connectivity index (χ2n) is 6.56. The molecular formula is C21H26N2O3. The van der Waals surface area contributed by atoms with E-state index in [9.17, 15) is 9.59 Å². The number of benzene rings is 2. The third-order valence-corrected chi connectivity index (χ3v) is 3.92. The van der Waals surface area contributed by atoms with Crippen LogP contribution in [0.2, 0.25) is 0 Å². The lowest BCUT2D eigenvalue weighted by Gasteiger charge is -2.10. The van der Waals surface area contributed by atoms with Crippen molar-refractivity contribution in [2.24, 2.45) is 5.92 Å². The first-order valence-corrected chi connectivity index (χ1v) is 8.81. The Balaban J connectivity index is 1.95. The van der Waals surface area contributed by atoms with Crippen LogP contribution in [0.1, 0.15) is 36.2 Å². The Morgan fingerprint density at radius 3 is 2.46 bits per heavy atom. The molecule has 0 aliphatic carbocycles. The van der Waals surface area contributed by atoms with Crippen LogP contribution < -0.4 is 15.4 Å². The second-order valence-corrected chi connectivity index (χ2v) is 6.56. The van der Waals surface area contributed by atoms with Crippen LogP contribution in [0.3, 0.4) is 0 Å². The summed E-state index contributed by atoms with van der Waals surface area (Å²) in [5.41, 5.74) is 2.12. The van der Waals surface area contributed by atoms with E-state index in [1.165, 1.54) is 0 Å². The van der Waals surface area contributed by atoms with Crippen LogP contribution in [0.5, 0.6) is 5.75 Å². The van der Waals surface area contributed by atoms with Gasteiger partial charge in [0.1, 0.15) is 5.75 Å². The van der Waals surface area contributed by atoms with E-state index in [4.69, 9.17) is 4.74 Å². The van der Waals surface area contributed by atoms with E-state index in [0.717, 1.165) is 12.0 Å². The zero-order valence-electron chi connectivity index (χ0n) is 15.5. The largest absolute Gasteiger partial charge is 0.494 e. The fourth-order valence-electron chi connectivity index (χ4n) is 2.32. The summed E-state index contributed by atoms with van der Waals surface area (Å²) in [6, 6.07) is 14.4. The molecule has 26 heavy (non-hydrogen) atoms. The van der Waals surface area contributed by atoms with Crippen molar-refractivity contribution in [3.05, 3.63) is 59.7 Å². The first-order valence-electron chi connectivity index (χ1n) is 8.81. The summed E-state index contributed by atoms with van der Waals surface area (Å²) in [4.78, 5) is 23.8. The number of rotatable bonds is 8. The molecule has 2 rings (SSSR count). The summed E-state index contributed by atoms with van der Waals surface area (Å²) in [5, 5.41) is 5.45. The van der Waals surface area contributed by atoms with Crippen molar-refractivity contribution in [2.45, 2.75) is 26.7 Å². The van der Waals surface area contributed by atoms with Gasteiger partial charge in [-0.3, -0.25) is 9.59 Å². The molecule has 0 heterocycles. The van der Waals surface area contributed by atoms with E-state index >= 15 is 0 Å². The van der Waals surface area contributed by atoms with Gasteiger partial charge in [0, 0.05) is 18.3 Å². The van der Waals surface area contributed by atoms with Gasteiger partial charge in [-0.05, 0) is 48.2 Å². The summed E-state index contributed by atoms with van der Waals surface area (Å²) < 4.78 is 5.70. The Labute approximate surface area is 154 Å². The second kappa shape index (κ2) is 9.61. The molecule has 0 aromatic heterocycles. The predicted molar refractivity (Wildman–Crippen MR) is 104 cm³/mol. The van der Waals surface area contributed by atoms with Crippen molar-refractivity contribution in [2.75, 3.05) is 19.0 Å². The topological polar surface area (TPSA) is 67.4 Å². The van der Waals surface area contributed by atoms with Crippen LogP contribution in [-0.2, 0) is 11.2 Å². The highest BCUT2D eigenvalue weighted by Crippen LogP contribution is 2.17. The van der Waals surface area contributed by atoms with Gasteiger partial charge in [-0.25, -0.2) is 0 Å². The third kappa shape index (κ3) is 6.24. The fraction of sp³-hybridized carbons (Fsp3) is 0.333. The Hall–Kier alpha value is -2.82. The zero-order chi connectivity index (χ0) is 18.9. The maximum atomic E-state index is 12.4. The van der Waals surface area contributed by atoms with Crippen molar-refractivity contribution >= 4 is 17.5 Å². The van der Waals surface area contributed by atoms with E-state index in [1.54, 1.807) is 31.3 Å². The number of amides is 2. The lowest BCUT2D eigenvalue weighted by atomic mass is 10.1. The standard InChI is InChI=1S/C21H26N2O3/c1-15(2)11-12-26-19-6-4-5-17(14-19)21(25)23-18-9-7-16(8-10-18)13-20(24)22-3/h4-10,14-15H,11-13H2,1-3H3,(H,22,24)(H,23,25). The van der Waals surface area contributed by atoms with Crippen LogP contribution in [0, 0.1) is 5.92 Å². The SMILES string of the molecule is CNC(=O)Cc1ccc(NC(=O)c2cccc(OCCC(C)C)c2)cc1. The smallest absolute Gasteiger partial charge is 0.255 e. The molecule has 138 valence electrons. The van der Waals surface area contributed by atoms with Gasteiger partial charge >= 0.3 is 0 Å². The maximum Gasteiger partial charge on any atom is 0.255 e. The van der Waals surface area contributed by atoms with Gasteiger partial charge in [0.15, 0.2) is 0 Å². The maximum absolute atomic E-state index is 12.4. The lowest BCUT2D eigenvalue weighted by Crippen LogP contribution is -2.19. The molecule has 5 heteroatoms. The quantitative estimate of drug-likeness (QED) is 0.760. The van der Waals surface area contributed by atoms with Crippen molar-refractivity contribution < 1.29 is 14.3 Å². The molecule has 2 aromatic rings. The van der Waals surface area contributed by atoms with Crippen molar-refractivity contribution in [3.63, 3.8) is 0 Å². The predicted octanol–water partition coefficient (Wildman–Crippen LogP) is 3.65. The molecule has 0 saturated heterocycles. The summed E-state index contributed by atoms with van der Waals surface area (Å²) in [5.74, 6) is 1.03. The van der Waals surface area contributed by atoms with Gasteiger partial charge in [0.05, 0.1) is 13.0 Å². The van der Waals surface area contributed by atoms with E-state index in [1.807, 2.05) is 24.3 Å². The minimum atomic E-state index is -0.196. The molecule has 0 bridgehead atoms. The number of hydrogen-bond donors (Lipinski definition) is 2. The molecule has 5 nitrogen and oxygen atoms in total. The third-order valence-electron chi connectivity index (χ3n) is 3.92. The Morgan fingerprint density at radius 1 is 1.08 bits per heavy atom. The Kier molecular flexibility index (Phi) is 7.21. The molecule has 2 aromatic carbocycles. The summed E-state index contributed by atoms with van der Waals surface area (Å²) >= 11 is 0. The minimum absolute atomic E-state index is 0.0453. The first kappa shape index (κ1) is 19.5. The molecule has 0 radical (unpaired) electrons. The van der Waals surface area contributed by atoms with Crippen molar-refractivity contribution in [1.29, 1.82) is 0 Å². The van der Waals surface area contributed by atoms with Gasteiger partial charge in [-0.2, -0.15) is 0 Å². The highest BCUT2D eigenvalue weighted by atomic mass is 16.5. The molecule has 0 fully saturated rings. The van der Waals surface area contributed by atoms with Gasteiger partial charge in [-0.15, -0.1) is 0 Å². The number of carbonyl (C=O) groups excluding carboxylic acids is 2. The number of likely N-dealkylation sites (N-methyl/N-ethyl adjacent to an activating group) is 1. The van der Waals surface area contributed by atoms with E-state index < -0.39 is 0 Å². The van der Waals surface area contributed by atoms with Crippen LogP contribution in [0.15, 0.2) is 48.5 Å². The molecule has 0 aliphatic rings. The average Bonchev–Trinajstić information content (AvgIpc) is 2.63. The van der Waals surface area contributed by atoms with Gasteiger partial charge < -0.3 is 15.4 Å². The molecule has 0 atom stereocenters. The van der Waals surface area contributed by atoms with Gasteiger partial charge in [0.2, 0.25) is 5.91 Å². The van der Waals surface area contributed by atoms with Crippen LogP contribution >= 0.6 is 0 Å². The minimum Gasteiger partial charge on any atom is -0.494 e. The molecule has 0 saturated carbocycles. The fourth-order valence-corrected chi connectivity index (χ4v) is 2.32. The van der Waals surface area contributed by atoms with Crippen LogP contribution in [0.25, 0.3) is 0 Å². The monoisotopic (exact) mass is 354 g/mol. The highest BCUT2D eigenvalue weighted by Gasteiger charge is 2.08. The lowest BCUT2D eigenvalue weighted by molar-refractivity contribution is -0.119. The molecular weight excluding hydrogens is 328 g/mol. The summed E-state index contributed by atoms with van der Waals surface area (Å²) in [6.07, 6.45) is 1.29. The van der Waals surface area contributed by atoms with Gasteiger partial charge in [-0.1, -0.05) is 32.0 Å². The highest BCUT2D eigenvalue weighted by molar-refractivity contribution is 6.04. The Morgan fingerprint density at radius 2 is 1.81 bits per heavy atom. The number of ether oxygens (including phenoxy) is 1. The molecule has 2 N–H and O–H groups in total. The van der Waals surface area contributed by atoms with Crippen molar-refractivity contribution in [3.8, 4) is 5.75 Å². The van der Waals surface area contributed by atoms with E-state index in [2.05, 4.69) is 24.5 Å².